The van der Waals surface area contributed by atoms with Gasteiger partial charge in [-0.15, -0.1) is 0 Å². The maximum Gasteiger partial charge on any atom is 0.256 e. The molecule has 45 heavy (non-hydrogen) atoms. The lowest BCUT2D eigenvalue weighted by molar-refractivity contribution is 0.0681. The molecule has 2 heterocycles. The quantitative estimate of drug-likeness (QED) is 0.241. The first kappa shape index (κ1) is 32.5. The Labute approximate surface area is 268 Å². The third kappa shape index (κ3) is 7.68. The summed E-state index contributed by atoms with van der Waals surface area (Å²) in [6, 6.07) is 22.0. The van der Waals surface area contributed by atoms with Crippen LogP contribution in [0.25, 0.3) is 0 Å². The van der Waals surface area contributed by atoms with Crippen molar-refractivity contribution in [3.05, 3.63) is 89.0 Å². The minimum atomic E-state index is -0.201. The van der Waals surface area contributed by atoms with Gasteiger partial charge in [-0.1, -0.05) is 55.5 Å². The van der Waals surface area contributed by atoms with E-state index in [9.17, 15) is 9.59 Å². The molecule has 5 rings (SSSR count). The Morgan fingerprint density at radius 3 is 2.24 bits per heavy atom. The fraction of sp³-hybridized carbons (Fsp3) is 0.459. The molecule has 0 spiro atoms. The first-order valence-corrected chi connectivity index (χ1v) is 16.3. The van der Waals surface area contributed by atoms with Crippen molar-refractivity contribution in [3.63, 3.8) is 0 Å². The summed E-state index contributed by atoms with van der Waals surface area (Å²) in [4.78, 5) is 35.9. The van der Waals surface area contributed by atoms with Gasteiger partial charge in [0, 0.05) is 45.3 Å². The Balaban J connectivity index is 1.41. The summed E-state index contributed by atoms with van der Waals surface area (Å²) < 4.78 is 11.2. The number of likely N-dealkylation sites (tertiary alicyclic amines) is 1. The number of amides is 1. The molecule has 8 heteroatoms. The molecule has 0 aliphatic carbocycles. The molecule has 0 N–H and O–H groups in total. The third-order valence-corrected chi connectivity index (χ3v) is 9.67. The second-order valence-electron chi connectivity index (χ2n) is 12.3. The minimum Gasteiger partial charge on any atom is -0.493 e. The highest BCUT2D eigenvalue weighted by atomic mass is 16.5. The highest BCUT2D eigenvalue weighted by Crippen LogP contribution is 2.38. The SMILES string of the molecule is CCN1CCN(c2cccc(C=O)c2C(=O)N(C)C(CC2CCN(Cc3ccccc3)CC2)c2ccc(OC)c(OC)c2)CC1. The summed E-state index contributed by atoms with van der Waals surface area (Å²) in [5.41, 5.74) is 4.10. The van der Waals surface area contributed by atoms with E-state index in [1.807, 2.05) is 42.3 Å². The van der Waals surface area contributed by atoms with Gasteiger partial charge >= 0.3 is 0 Å². The van der Waals surface area contributed by atoms with E-state index in [0.29, 0.717) is 28.5 Å². The molecule has 240 valence electrons. The van der Waals surface area contributed by atoms with E-state index in [-0.39, 0.29) is 11.9 Å². The smallest absolute Gasteiger partial charge is 0.256 e. The summed E-state index contributed by atoms with van der Waals surface area (Å²) in [6.45, 7) is 9.70. The molecular weight excluding hydrogens is 564 g/mol. The Hall–Kier alpha value is -3.88. The molecule has 0 bridgehead atoms. The molecule has 0 aromatic heterocycles. The zero-order valence-electron chi connectivity index (χ0n) is 27.3. The number of carbonyl (C=O) groups is 2. The number of hydrogen-bond acceptors (Lipinski definition) is 7. The Morgan fingerprint density at radius 2 is 1.60 bits per heavy atom. The van der Waals surface area contributed by atoms with Crippen LogP contribution in [-0.4, -0.2) is 94.0 Å². The predicted octanol–water partition coefficient (Wildman–Crippen LogP) is 5.77. The number of rotatable bonds is 12. The molecule has 2 saturated heterocycles. The fourth-order valence-corrected chi connectivity index (χ4v) is 6.89. The van der Waals surface area contributed by atoms with Crippen LogP contribution >= 0.6 is 0 Å². The van der Waals surface area contributed by atoms with Gasteiger partial charge in [0.25, 0.3) is 5.91 Å². The molecule has 2 fully saturated rings. The molecule has 1 atom stereocenters. The van der Waals surface area contributed by atoms with E-state index < -0.39 is 0 Å². The highest BCUT2D eigenvalue weighted by molar-refractivity contribution is 6.06. The van der Waals surface area contributed by atoms with Crippen molar-refractivity contribution >= 4 is 17.9 Å². The third-order valence-electron chi connectivity index (χ3n) is 9.67. The molecule has 1 amide bonds. The van der Waals surface area contributed by atoms with Crippen LogP contribution in [0.15, 0.2) is 66.7 Å². The van der Waals surface area contributed by atoms with Crippen LogP contribution in [0.5, 0.6) is 11.5 Å². The van der Waals surface area contributed by atoms with Crippen LogP contribution in [-0.2, 0) is 6.54 Å². The van der Waals surface area contributed by atoms with Crippen molar-refractivity contribution in [3.8, 4) is 11.5 Å². The monoisotopic (exact) mass is 612 g/mol. The molecule has 2 aliphatic heterocycles. The average Bonchev–Trinajstić information content (AvgIpc) is 3.10. The first-order chi connectivity index (χ1) is 21.9. The number of hydrogen-bond donors (Lipinski definition) is 0. The summed E-state index contributed by atoms with van der Waals surface area (Å²) in [6.07, 6.45) is 3.78. The van der Waals surface area contributed by atoms with Crippen molar-refractivity contribution in [2.45, 2.75) is 38.8 Å². The Morgan fingerprint density at radius 1 is 0.889 bits per heavy atom. The number of benzene rings is 3. The van der Waals surface area contributed by atoms with Crippen molar-refractivity contribution < 1.29 is 19.1 Å². The number of methoxy groups -OCH3 is 2. The number of likely N-dealkylation sites (N-methyl/N-ethyl adjacent to an activating group) is 1. The van der Waals surface area contributed by atoms with Gasteiger partial charge in [-0.3, -0.25) is 14.5 Å². The fourth-order valence-electron chi connectivity index (χ4n) is 6.89. The number of nitrogens with zero attached hydrogens (tertiary/aromatic N) is 4. The van der Waals surface area contributed by atoms with Gasteiger partial charge in [0.05, 0.1) is 31.5 Å². The number of carbonyl (C=O) groups excluding carboxylic acids is 2. The normalized spacial score (nSPS) is 17.1. The van der Waals surface area contributed by atoms with Gasteiger partial charge in [-0.2, -0.15) is 0 Å². The van der Waals surface area contributed by atoms with Crippen LogP contribution < -0.4 is 14.4 Å². The second kappa shape index (κ2) is 15.4. The van der Waals surface area contributed by atoms with Crippen LogP contribution in [0.1, 0.15) is 64.1 Å². The number of aldehydes is 1. The predicted molar refractivity (Wildman–Crippen MR) is 180 cm³/mol. The molecule has 2 aliphatic rings. The molecule has 0 saturated carbocycles. The standard InChI is InChI=1S/C37H48N4O4/c1-5-39-20-22-41(23-21-39)32-13-9-12-31(27-42)36(32)37(43)38(2)33(30-14-15-34(44-3)35(25-30)45-4)24-28-16-18-40(19-17-28)26-29-10-7-6-8-11-29/h6-15,25,27-28,33H,5,16-24,26H2,1-4H3. The van der Waals surface area contributed by atoms with Crippen molar-refractivity contribution in [1.29, 1.82) is 0 Å². The van der Waals surface area contributed by atoms with Crippen LogP contribution in [0.2, 0.25) is 0 Å². The second-order valence-corrected chi connectivity index (χ2v) is 12.3. The number of piperidine rings is 1. The van der Waals surface area contributed by atoms with E-state index >= 15 is 0 Å². The van der Waals surface area contributed by atoms with E-state index in [4.69, 9.17) is 9.47 Å². The Bertz CT molecular complexity index is 1420. The van der Waals surface area contributed by atoms with Gasteiger partial charge in [-0.25, -0.2) is 0 Å². The number of anilines is 1. The average molecular weight is 613 g/mol. The molecule has 3 aromatic carbocycles. The minimum absolute atomic E-state index is 0.132. The summed E-state index contributed by atoms with van der Waals surface area (Å²) >= 11 is 0. The van der Waals surface area contributed by atoms with Crippen molar-refractivity contribution in [2.75, 3.05) is 72.0 Å². The lowest BCUT2D eigenvalue weighted by Crippen LogP contribution is -2.47. The summed E-state index contributed by atoms with van der Waals surface area (Å²) in [5.74, 6) is 1.62. The summed E-state index contributed by atoms with van der Waals surface area (Å²) in [5, 5.41) is 0. The lowest BCUT2D eigenvalue weighted by Gasteiger charge is -2.38. The van der Waals surface area contributed by atoms with E-state index in [0.717, 1.165) is 89.2 Å². The van der Waals surface area contributed by atoms with E-state index in [2.05, 4.69) is 52.0 Å². The number of ether oxygens (including phenoxy) is 2. The maximum absolute atomic E-state index is 14.6. The maximum atomic E-state index is 14.6. The largest absolute Gasteiger partial charge is 0.493 e. The van der Waals surface area contributed by atoms with Gasteiger partial charge in [0.15, 0.2) is 17.8 Å². The highest BCUT2D eigenvalue weighted by Gasteiger charge is 2.32. The summed E-state index contributed by atoms with van der Waals surface area (Å²) in [7, 11) is 5.15. The lowest BCUT2D eigenvalue weighted by atomic mass is 9.86. The molecule has 1 unspecified atom stereocenters. The molecular formula is C37H48N4O4. The van der Waals surface area contributed by atoms with Crippen molar-refractivity contribution in [2.24, 2.45) is 5.92 Å². The topological polar surface area (TPSA) is 65.6 Å². The zero-order valence-corrected chi connectivity index (χ0v) is 27.3. The zero-order chi connectivity index (χ0) is 31.8. The van der Waals surface area contributed by atoms with Crippen LogP contribution in [0.3, 0.4) is 0 Å². The van der Waals surface area contributed by atoms with Gasteiger partial charge in [0.2, 0.25) is 0 Å². The molecule has 8 nitrogen and oxygen atoms in total. The van der Waals surface area contributed by atoms with E-state index in [1.54, 1.807) is 20.3 Å². The first-order valence-electron chi connectivity index (χ1n) is 16.3. The van der Waals surface area contributed by atoms with Gasteiger partial charge < -0.3 is 24.2 Å². The van der Waals surface area contributed by atoms with Crippen LogP contribution in [0, 0.1) is 5.92 Å². The molecule has 3 aromatic rings. The number of piperazine rings is 1. The van der Waals surface area contributed by atoms with Gasteiger partial charge in [0.1, 0.15) is 0 Å². The van der Waals surface area contributed by atoms with E-state index in [1.165, 1.54) is 5.56 Å². The molecule has 0 radical (unpaired) electrons. The van der Waals surface area contributed by atoms with Crippen molar-refractivity contribution in [1.82, 2.24) is 14.7 Å². The Kier molecular flexibility index (Phi) is 11.1. The van der Waals surface area contributed by atoms with Crippen LogP contribution in [0.4, 0.5) is 5.69 Å². The van der Waals surface area contributed by atoms with Gasteiger partial charge in [-0.05, 0) is 74.1 Å².